The predicted octanol–water partition coefficient (Wildman–Crippen LogP) is 1.21. The van der Waals surface area contributed by atoms with Crippen molar-refractivity contribution < 1.29 is 19.1 Å². The number of esters is 1. The fourth-order valence-corrected chi connectivity index (χ4v) is 2.16. The van der Waals surface area contributed by atoms with Gasteiger partial charge in [-0.05, 0) is 24.8 Å². The van der Waals surface area contributed by atoms with Crippen molar-refractivity contribution in [1.29, 1.82) is 0 Å². The zero-order chi connectivity index (χ0) is 16.4. The molecule has 0 aliphatic carbocycles. The number of nitrogens with one attached hydrogen (secondary N) is 2. The number of hydrogen-bond donors (Lipinski definition) is 2. The van der Waals surface area contributed by atoms with Gasteiger partial charge in [0.1, 0.15) is 0 Å². The summed E-state index contributed by atoms with van der Waals surface area (Å²) in [7, 11) is 0. The Morgan fingerprint density at radius 1 is 1.14 bits per heavy atom. The van der Waals surface area contributed by atoms with Crippen LogP contribution in [0.2, 0.25) is 0 Å². The fourth-order valence-electron chi connectivity index (χ4n) is 1.58. The van der Waals surface area contributed by atoms with Crippen molar-refractivity contribution in [3.05, 3.63) is 29.8 Å². The monoisotopic (exact) mass is 324 g/mol. The number of carbonyl (C=O) groups is 3. The molecule has 1 aromatic carbocycles. The lowest BCUT2D eigenvalue weighted by atomic mass is 10.2. The van der Waals surface area contributed by atoms with E-state index in [1.165, 1.54) is 11.8 Å². The maximum absolute atomic E-state index is 11.9. The summed E-state index contributed by atoms with van der Waals surface area (Å²) in [5, 5.41) is 5.02. The maximum Gasteiger partial charge on any atom is 0.339 e. The second-order valence-corrected chi connectivity index (χ2v) is 5.25. The van der Waals surface area contributed by atoms with Crippen LogP contribution in [0, 0.1) is 0 Å². The molecule has 0 aliphatic rings. The van der Waals surface area contributed by atoms with Crippen molar-refractivity contribution >= 4 is 29.5 Å². The van der Waals surface area contributed by atoms with Gasteiger partial charge in [0.15, 0.2) is 6.61 Å². The van der Waals surface area contributed by atoms with Crippen LogP contribution in [0.25, 0.3) is 0 Å². The molecule has 0 aliphatic heterocycles. The van der Waals surface area contributed by atoms with E-state index < -0.39 is 18.5 Å². The van der Waals surface area contributed by atoms with Crippen molar-refractivity contribution in [2.24, 2.45) is 0 Å². The Morgan fingerprint density at radius 2 is 1.86 bits per heavy atom. The van der Waals surface area contributed by atoms with Crippen LogP contribution in [0.5, 0.6) is 0 Å². The van der Waals surface area contributed by atoms with Crippen molar-refractivity contribution in [2.75, 3.05) is 26.0 Å². The first-order valence-corrected chi connectivity index (χ1v) is 8.14. The summed E-state index contributed by atoms with van der Waals surface area (Å²) in [6, 6.07) is 7.00. The summed E-state index contributed by atoms with van der Waals surface area (Å²) in [5.74, 6) is -1.34. The van der Waals surface area contributed by atoms with Gasteiger partial charge in [-0.2, -0.15) is 0 Å². The predicted molar refractivity (Wildman–Crippen MR) is 84.8 cm³/mol. The van der Waals surface area contributed by atoms with Gasteiger partial charge in [0, 0.05) is 11.4 Å². The Bertz CT molecular complexity index is 534. The molecule has 0 bridgehead atoms. The number of thioether (sulfide) groups is 1. The molecule has 0 atom stereocenters. The van der Waals surface area contributed by atoms with Crippen LogP contribution < -0.4 is 10.6 Å². The Labute approximate surface area is 134 Å². The van der Waals surface area contributed by atoms with Gasteiger partial charge in [-0.15, -0.1) is 11.8 Å². The van der Waals surface area contributed by atoms with Crippen LogP contribution in [0.3, 0.4) is 0 Å². The van der Waals surface area contributed by atoms with Crippen LogP contribution in [-0.2, 0) is 14.3 Å². The largest absolute Gasteiger partial charge is 0.452 e. The topological polar surface area (TPSA) is 84.5 Å². The molecular weight excluding hydrogens is 304 g/mol. The third-order valence-electron chi connectivity index (χ3n) is 2.68. The summed E-state index contributed by atoms with van der Waals surface area (Å²) in [5.41, 5.74) is 0.420. The Hall–Kier alpha value is -2.02. The van der Waals surface area contributed by atoms with E-state index in [0.29, 0.717) is 12.1 Å². The van der Waals surface area contributed by atoms with E-state index in [1.807, 2.05) is 19.2 Å². The van der Waals surface area contributed by atoms with E-state index in [0.717, 1.165) is 11.3 Å². The van der Waals surface area contributed by atoms with E-state index in [-0.39, 0.29) is 12.5 Å². The Morgan fingerprint density at radius 3 is 2.55 bits per heavy atom. The molecule has 0 unspecified atom stereocenters. The normalized spacial score (nSPS) is 9.91. The Kier molecular flexibility index (Phi) is 8.06. The van der Waals surface area contributed by atoms with Crippen molar-refractivity contribution in [2.45, 2.75) is 18.2 Å². The molecule has 0 spiro atoms. The highest BCUT2D eigenvalue weighted by Gasteiger charge is 2.14. The van der Waals surface area contributed by atoms with Gasteiger partial charge in [-0.3, -0.25) is 9.59 Å². The Balaban J connectivity index is 2.37. The minimum absolute atomic E-state index is 0.127. The summed E-state index contributed by atoms with van der Waals surface area (Å²) >= 11 is 1.43. The zero-order valence-electron chi connectivity index (χ0n) is 12.7. The second kappa shape index (κ2) is 9.83. The van der Waals surface area contributed by atoms with Gasteiger partial charge < -0.3 is 15.4 Å². The fraction of sp³-hybridized carbons (Fsp3) is 0.400. The number of carbonyl (C=O) groups excluding carboxylic acids is 3. The molecule has 0 heterocycles. The first-order chi connectivity index (χ1) is 10.6. The molecule has 1 rings (SSSR count). The number of hydrogen-bond acceptors (Lipinski definition) is 5. The first kappa shape index (κ1) is 18.0. The average molecular weight is 324 g/mol. The van der Waals surface area contributed by atoms with Crippen LogP contribution in [-0.4, -0.2) is 43.7 Å². The highest BCUT2D eigenvalue weighted by molar-refractivity contribution is 7.98. The lowest BCUT2D eigenvalue weighted by Crippen LogP contribution is -2.38. The minimum Gasteiger partial charge on any atom is -0.452 e. The number of amides is 2. The van der Waals surface area contributed by atoms with Crippen LogP contribution in [0.15, 0.2) is 29.2 Å². The van der Waals surface area contributed by atoms with Crippen molar-refractivity contribution in [3.8, 4) is 0 Å². The molecule has 0 saturated heterocycles. The van der Waals surface area contributed by atoms with Gasteiger partial charge >= 0.3 is 5.97 Å². The smallest absolute Gasteiger partial charge is 0.339 e. The molecule has 0 aromatic heterocycles. The number of benzene rings is 1. The van der Waals surface area contributed by atoms with Crippen molar-refractivity contribution in [1.82, 2.24) is 10.6 Å². The van der Waals surface area contributed by atoms with Crippen LogP contribution in [0.1, 0.15) is 23.7 Å². The van der Waals surface area contributed by atoms with Crippen LogP contribution >= 0.6 is 11.8 Å². The molecule has 7 heteroatoms. The second-order valence-electron chi connectivity index (χ2n) is 4.40. The molecule has 0 saturated carbocycles. The zero-order valence-corrected chi connectivity index (χ0v) is 13.5. The van der Waals surface area contributed by atoms with Gasteiger partial charge in [-0.25, -0.2) is 4.79 Å². The van der Waals surface area contributed by atoms with Crippen molar-refractivity contribution in [3.63, 3.8) is 0 Å². The van der Waals surface area contributed by atoms with Gasteiger partial charge in [0.05, 0.1) is 12.1 Å². The van der Waals surface area contributed by atoms with Gasteiger partial charge in [0.2, 0.25) is 5.91 Å². The maximum atomic E-state index is 11.9. The lowest BCUT2D eigenvalue weighted by molar-refractivity contribution is -0.127. The molecule has 2 amide bonds. The van der Waals surface area contributed by atoms with E-state index in [2.05, 4.69) is 10.6 Å². The average Bonchev–Trinajstić information content (AvgIpc) is 2.55. The highest BCUT2D eigenvalue weighted by atomic mass is 32.2. The van der Waals surface area contributed by atoms with E-state index >= 15 is 0 Å². The third kappa shape index (κ3) is 6.17. The molecule has 22 heavy (non-hydrogen) atoms. The third-order valence-corrected chi connectivity index (χ3v) is 3.48. The summed E-state index contributed by atoms with van der Waals surface area (Å²) in [4.78, 5) is 35.5. The summed E-state index contributed by atoms with van der Waals surface area (Å²) in [6.07, 6.45) is 2.68. The molecule has 120 valence electrons. The quantitative estimate of drug-likeness (QED) is 0.554. The lowest BCUT2D eigenvalue weighted by Gasteiger charge is -2.08. The van der Waals surface area contributed by atoms with Crippen LogP contribution in [0.4, 0.5) is 0 Å². The number of ether oxygens (including phenoxy) is 1. The van der Waals surface area contributed by atoms with E-state index in [9.17, 15) is 14.4 Å². The molecule has 0 fully saturated rings. The van der Waals surface area contributed by atoms with Gasteiger partial charge in [0.25, 0.3) is 5.91 Å². The van der Waals surface area contributed by atoms with E-state index in [4.69, 9.17) is 4.74 Å². The molecular formula is C15H20N2O4S. The first-order valence-electron chi connectivity index (χ1n) is 6.92. The number of rotatable bonds is 8. The molecule has 0 radical (unpaired) electrons. The summed E-state index contributed by atoms with van der Waals surface area (Å²) < 4.78 is 4.95. The van der Waals surface area contributed by atoms with E-state index in [1.54, 1.807) is 18.2 Å². The molecule has 1 aromatic rings. The van der Waals surface area contributed by atoms with Gasteiger partial charge in [-0.1, -0.05) is 19.1 Å². The molecule has 6 nitrogen and oxygen atoms in total. The highest BCUT2D eigenvalue weighted by Crippen LogP contribution is 2.20. The minimum atomic E-state index is -0.560. The standard InChI is InChI=1S/C15H20N2O4S/c1-3-8-16-13(18)9-17-14(19)10-21-15(20)11-6-4-5-7-12(11)22-2/h4-7H,3,8-10H2,1-2H3,(H,16,18)(H,17,19). The summed E-state index contributed by atoms with van der Waals surface area (Å²) in [6.45, 7) is 1.96. The molecule has 2 N–H and O–H groups in total. The SMILES string of the molecule is CCCNC(=O)CNC(=O)COC(=O)c1ccccc1SC.